The van der Waals surface area contributed by atoms with Crippen molar-refractivity contribution in [3.63, 3.8) is 0 Å². The molecule has 0 saturated heterocycles. The second kappa shape index (κ2) is 6.52. The van der Waals surface area contributed by atoms with E-state index in [1.54, 1.807) is 31.2 Å². The van der Waals surface area contributed by atoms with Gasteiger partial charge in [0.15, 0.2) is 0 Å². The molecule has 0 aromatic heterocycles. The van der Waals surface area contributed by atoms with Gasteiger partial charge in [0.25, 0.3) is 5.91 Å². The van der Waals surface area contributed by atoms with E-state index in [0.717, 1.165) is 12.0 Å². The number of aliphatic hydroxyl groups excluding tert-OH is 1. The van der Waals surface area contributed by atoms with E-state index < -0.39 is 5.60 Å². The lowest BCUT2D eigenvalue weighted by Crippen LogP contribution is -2.40. The smallest absolute Gasteiger partial charge is 0.251 e. The zero-order chi connectivity index (χ0) is 13.6. The molecule has 1 aromatic rings. The monoisotopic (exact) mass is 251 g/mol. The van der Waals surface area contributed by atoms with Crippen LogP contribution in [0.1, 0.15) is 42.6 Å². The van der Waals surface area contributed by atoms with Crippen LogP contribution in [0.15, 0.2) is 24.3 Å². The van der Waals surface area contributed by atoms with Gasteiger partial charge < -0.3 is 15.5 Å². The summed E-state index contributed by atoms with van der Waals surface area (Å²) in [6.07, 6.45) is 1.52. The van der Waals surface area contributed by atoms with Crippen LogP contribution in [-0.4, -0.2) is 28.3 Å². The number of carbonyl (C=O) groups is 1. The van der Waals surface area contributed by atoms with E-state index >= 15 is 0 Å². The van der Waals surface area contributed by atoms with Crippen LogP contribution in [0.2, 0.25) is 0 Å². The van der Waals surface area contributed by atoms with Gasteiger partial charge in [-0.2, -0.15) is 0 Å². The van der Waals surface area contributed by atoms with Gasteiger partial charge in [-0.15, -0.1) is 0 Å². The number of carbonyl (C=O) groups excluding carboxylic acids is 1. The normalized spacial score (nSPS) is 14.0. The Labute approximate surface area is 108 Å². The van der Waals surface area contributed by atoms with Gasteiger partial charge in [0.2, 0.25) is 0 Å². The largest absolute Gasteiger partial charge is 0.392 e. The standard InChI is InChI=1S/C14H21NO3/c1-3-8-14(2,18)10-15-13(17)12-6-4-11(9-16)5-7-12/h4-7,16,18H,3,8-10H2,1-2H3,(H,15,17). The topological polar surface area (TPSA) is 69.6 Å². The lowest BCUT2D eigenvalue weighted by Gasteiger charge is -2.22. The van der Waals surface area contributed by atoms with Crippen LogP contribution >= 0.6 is 0 Å². The second-order valence-corrected chi connectivity index (χ2v) is 4.78. The molecule has 0 fully saturated rings. The zero-order valence-corrected chi connectivity index (χ0v) is 10.9. The number of hydrogen-bond donors (Lipinski definition) is 3. The van der Waals surface area contributed by atoms with Crippen molar-refractivity contribution in [1.29, 1.82) is 0 Å². The van der Waals surface area contributed by atoms with Gasteiger partial charge in [0.05, 0.1) is 12.2 Å². The summed E-state index contributed by atoms with van der Waals surface area (Å²) in [4.78, 5) is 11.8. The molecule has 1 amide bonds. The predicted molar refractivity (Wildman–Crippen MR) is 70.2 cm³/mol. The summed E-state index contributed by atoms with van der Waals surface area (Å²) in [6, 6.07) is 6.74. The van der Waals surface area contributed by atoms with Gasteiger partial charge in [-0.3, -0.25) is 4.79 Å². The SMILES string of the molecule is CCCC(C)(O)CNC(=O)c1ccc(CO)cc1. The minimum absolute atomic E-state index is 0.0346. The van der Waals surface area contributed by atoms with Crippen molar-refractivity contribution in [1.82, 2.24) is 5.32 Å². The summed E-state index contributed by atoms with van der Waals surface area (Å²) in [5.74, 6) is -0.212. The summed E-state index contributed by atoms with van der Waals surface area (Å²) in [6.45, 7) is 3.91. The molecule has 1 rings (SSSR count). The lowest BCUT2D eigenvalue weighted by molar-refractivity contribution is 0.0469. The molecular formula is C14H21NO3. The van der Waals surface area contributed by atoms with E-state index in [1.165, 1.54) is 0 Å². The van der Waals surface area contributed by atoms with Crippen molar-refractivity contribution in [3.05, 3.63) is 35.4 Å². The molecule has 0 bridgehead atoms. The van der Waals surface area contributed by atoms with Gasteiger partial charge in [0, 0.05) is 12.1 Å². The highest BCUT2D eigenvalue weighted by molar-refractivity contribution is 5.94. The zero-order valence-electron chi connectivity index (χ0n) is 10.9. The van der Waals surface area contributed by atoms with Crippen LogP contribution in [-0.2, 0) is 6.61 Å². The molecule has 0 radical (unpaired) electrons. The van der Waals surface area contributed by atoms with Crippen molar-refractivity contribution in [2.45, 2.75) is 38.9 Å². The highest BCUT2D eigenvalue weighted by atomic mass is 16.3. The lowest BCUT2D eigenvalue weighted by atomic mass is 10.0. The van der Waals surface area contributed by atoms with E-state index in [1.807, 2.05) is 6.92 Å². The molecule has 3 N–H and O–H groups in total. The number of rotatable bonds is 6. The minimum Gasteiger partial charge on any atom is -0.392 e. The van der Waals surface area contributed by atoms with Crippen molar-refractivity contribution in [2.75, 3.05) is 6.54 Å². The Morgan fingerprint density at radius 3 is 2.44 bits per heavy atom. The Bertz CT molecular complexity index is 385. The van der Waals surface area contributed by atoms with E-state index in [2.05, 4.69) is 5.32 Å². The number of amides is 1. The van der Waals surface area contributed by atoms with Gasteiger partial charge >= 0.3 is 0 Å². The molecule has 0 spiro atoms. The van der Waals surface area contributed by atoms with E-state index in [0.29, 0.717) is 12.0 Å². The Balaban J connectivity index is 2.54. The Morgan fingerprint density at radius 1 is 1.33 bits per heavy atom. The maximum Gasteiger partial charge on any atom is 0.251 e. The molecule has 0 saturated carbocycles. The van der Waals surface area contributed by atoms with E-state index in [4.69, 9.17) is 5.11 Å². The predicted octanol–water partition coefficient (Wildman–Crippen LogP) is 1.46. The molecule has 0 aliphatic carbocycles. The number of benzene rings is 1. The number of hydrogen-bond acceptors (Lipinski definition) is 3. The summed E-state index contributed by atoms with van der Waals surface area (Å²) in [5.41, 5.74) is 0.430. The third kappa shape index (κ3) is 4.47. The third-order valence-electron chi connectivity index (χ3n) is 2.82. The first-order chi connectivity index (χ1) is 8.48. The van der Waals surface area contributed by atoms with Crippen LogP contribution in [0.4, 0.5) is 0 Å². The highest BCUT2D eigenvalue weighted by Crippen LogP contribution is 2.11. The van der Waals surface area contributed by atoms with Crippen molar-refractivity contribution >= 4 is 5.91 Å². The average Bonchev–Trinajstić information content (AvgIpc) is 2.36. The van der Waals surface area contributed by atoms with Gasteiger partial charge in [0.1, 0.15) is 0 Å². The average molecular weight is 251 g/mol. The quantitative estimate of drug-likeness (QED) is 0.717. The molecule has 4 heteroatoms. The first-order valence-corrected chi connectivity index (χ1v) is 6.19. The van der Waals surface area contributed by atoms with Gasteiger partial charge in [-0.05, 0) is 31.0 Å². The Kier molecular flexibility index (Phi) is 5.31. The fraction of sp³-hybridized carbons (Fsp3) is 0.500. The molecule has 18 heavy (non-hydrogen) atoms. The van der Waals surface area contributed by atoms with Crippen molar-refractivity contribution in [3.8, 4) is 0 Å². The molecule has 1 atom stereocenters. The van der Waals surface area contributed by atoms with Gasteiger partial charge in [-0.25, -0.2) is 0 Å². The fourth-order valence-electron chi connectivity index (χ4n) is 1.76. The molecule has 1 unspecified atom stereocenters. The maximum absolute atomic E-state index is 11.8. The fourth-order valence-corrected chi connectivity index (χ4v) is 1.76. The van der Waals surface area contributed by atoms with Crippen LogP contribution in [0.25, 0.3) is 0 Å². The first kappa shape index (κ1) is 14.7. The number of aliphatic hydroxyl groups is 2. The summed E-state index contributed by atoms with van der Waals surface area (Å²) in [7, 11) is 0. The Morgan fingerprint density at radius 2 is 1.94 bits per heavy atom. The minimum atomic E-state index is -0.866. The summed E-state index contributed by atoms with van der Waals surface area (Å²) >= 11 is 0. The van der Waals surface area contributed by atoms with Gasteiger partial charge in [-0.1, -0.05) is 25.5 Å². The molecule has 0 heterocycles. The molecule has 1 aromatic carbocycles. The third-order valence-corrected chi connectivity index (χ3v) is 2.82. The van der Waals surface area contributed by atoms with Crippen molar-refractivity contribution in [2.24, 2.45) is 0 Å². The summed E-state index contributed by atoms with van der Waals surface area (Å²) < 4.78 is 0. The molecule has 0 aliphatic rings. The Hall–Kier alpha value is -1.39. The van der Waals surface area contributed by atoms with Crippen LogP contribution < -0.4 is 5.32 Å². The molecule has 4 nitrogen and oxygen atoms in total. The molecule has 0 aliphatic heterocycles. The number of nitrogens with one attached hydrogen (secondary N) is 1. The van der Waals surface area contributed by atoms with E-state index in [9.17, 15) is 9.90 Å². The molecular weight excluding hydrogens is 230 g/mol. The molecule has 100 valence electrons. The van der Waals surface area contributed by atoms with E-state index in [-0.39, 0.29) is 19.1 Å². The van der Waals surface area contributed by atoms with Crippen LogP contribution in [0.5, 0.6) is 0 Å². The summed E-state index contributed by atoms with van der Waals surface area (Å²) in [5, 5.41) is 21.6. The van der Waals surface area contributed by atoms with Crippen LogP contribution in [0, 0.1) is 0 Å². The van der Waals surface area contributed by atoms with Crippen molar-refractivity contribution < 1.29 is 15.0 Å². The first-order valence-electron chi connectivity index (χ1n) is 6.19. The second-order valence-electron chi connectivity index (χ2n) is 4.78. The maximum atomic E-state index is 11.8. The highest BCUT2D eigenvalue weighted by Gasteiger charge is 2.20. The van der Waals surface area contributed by atoms with Crippen LogP contribution in [0.3, 0.4) is 0 Å².